The summed E-state index contributed by atoms with van der Waals surface area (Å²) in [7, 11) is 0. The van der Waals surface area contributed by atoms with Gasteiger partial charge in [0.1, 0.15) is 5.69 Å². The quantitative estimate of drug-likeness (QED) is 0.613. The van der Waals surface area contributed by atoms with E-state index in [0.717, 1.165) is 19.3 Å². The molecule has 1 amide bonds. The van der Waals surface area contributed by atoms with Crippen LogP contribution in [0.3, 0.4) is 0 Å². The van der Waals surface area contributed by atoms with Gasteiger partial charge in [-0.2, -0.15) is 0 Å². The minimum atomic E-state index is -0.431. The molecule has 0 bridgehead atoms. The van der Waals surface area contributed by atoms with E-state index < -0.39 is 4.92 Å². The zero-order valence-corrected chi connectivity index (χ0v) is 14.2. The number of nitrogens with one attached hydrogen (secondary N) is 2. The van der Waals surface area contributed by atoms with Gasteiger partial charge in [0.05, 0.1) is 16.7 Å². The van der Waals surface area contributed by atoms with Crippen molar-refractivity contribution in [3.63, 3.8) is 0 Å². The number of anilines is 2. The maximum Gasteiger partial charge on any atom is 0.296 e. The molecule has 0 saturated heterocycles. The predicted molar refractivity (Wildman–Crippen MR) is 97.5 cm³/mol. The highest BCUT2D eigenvalue weighted by molar-refractivity contribution is 5.96. The van der Waals surface area contributed by atoms with Crippen LogP contribution in [-0.2, 0) is 11.2 Å². The Morgan fingerprint density at radius 3 is 2.69 bits per heavy atom. The zero-order valence-electron chi connectivity index (χ0n) is 14.2. The topological polar surface area (TPSA) is 93.5 Å². The summed E-state index contributed by atoms with van der Waals surface area (Å²) in [5.74, 6) is 0.0623. The molecule has 134 valence electrons. The third-order valence-electron chi connectivity index (χ3n) is 4.96. The van der Waals surface area contributed by atoms with Crippen LogP contribution in [0.4, 0.5) is 17.1 Å². The van der Waals surface area contributed by atoms with Crippen LogP contribution < -0.4 is 15.4 Å². The Morgan fingerprint density at radius 2 is 2.00 bits per heavy atom. The molecule has 7 heteroatoms. The molecule has 2 N–H and O–H groups in total. The summed E-state index contributed by atoms with van der Waals surface area (Å²) < 4.78 is 5.27. The highest BCUT2D eigenvalue weighted by Gasteiger charge is 2.42. The first-order valence-corrected chi connectivity index (χ1v) is 8.58. The molecular formula is C19H19N3O4. The van der Waals surface area contributed by atoms with Gasteiger partial charge in [0.25, 0.3) is 11.6 Å². The van der Waals surface area contributed by atoms with E-state index in [-0.39, 0.29) is 23.6 Å². The minimum absolute atomic E-state index is 0.0459. The monoisotopic (exact) mass is 353 g/mol. The lowest BCUT2D eigenvalue weighted by Crippen LogP contribution is -2.26. The van der Waals surface area contributed by atoms with Gasteiger partial charge in [0, 0.05) is 6.54 Å². The molecule has 2 aromatic carbocycles. The Kier molecular flexibility index (Phi) is 3.99. The number of fused-ring (bicyclic) bond motifs is 1. The van der Waals surface area contributed by atoms with Crippen molar-refractivity contribution in [3.8, 4) is 5.75 Å². The first kappa shape index (κ1) is 16.4. The first-order valence-electron chi connectivity index (χ1n) is 8.58. The number of nitro benzene ring substituents is 1. The lowest BCUT2D eigenvalue weighted by molar-refractivity contribution is -0.384. The number of benzene rings is 2. The number of carbonyl (C=O) groups is 1. The van der Waals surface area contributed by atoms with E-state index in [4.69, 9.17) is 4.74 Å². The Hall–Kier alpha value is -3.09. The summed E-state index contributed by atoms with van der Waals surface area (Å²) in [5, 5.41) is 17.4. The van der Waals surface area contributed by atoms with Gasteiger partial charge in [-0.3, -0.25) is 14.9 Å². The fourth-order valence-corrected chi connectivity index (χ4v) is 3.31. The van der Waals surface area contributed by atoms with Gasteiger partial charge < -0.3 is 15.4 Å². The summed E-state index contributed by atoms with van der Waals surface area (Å²) in [6.45, 7) is 0.521. The normalized spacial score (nSPS) is 16.8. The van der Waals surface area contributed by atoms with Gasteiger partial charge in [0.15, 0.2) is 12.4 Å². The zero-order chi connectivity index (χ0) is 18.1. The van der Waals surface area contributed by atoms with Crippen LogP contribution in [0, 0.1) is 15.5 Å². The average Bonchev–Trinajstić information content (AvgIpc) is 3.39. The maximum atomic E-state index is 11.5. The summed E-state index contributed by atoms with van der Waals surface area (Å²) in [5.41, 5.74) is 2.22. The molecule has 1 heterocycles. The van der Waals surface area contributed by atoms with Crippen molar-refractivity contribution in [3.05, 3.63) is 58.1 Å². The Bertz CT molecular complexity index is 863. The number of nitrogens with zero attached hydrogens (tertiary/aromatic N) is 1. The Balaban J connectivity index is 1.53. The molecule has 1 aliphatic heterocycles. The second-order valence-corrected chi connectivity index (χ2v) is 6.98. The summed E-state index contributed by atoms with van der Waals surface area (Å²) >= 11 is 0. The molecule has 1 fully saturated rings. The molecule has 1 aliphatic carbocycles. The smallest absolute Gasteiger partial charge is 0.296 e. The van der Waals surface area contributed by atoms with Crippen LogP contribution >= 0.6 is 0 Å². The summed E-state index contributed by atoms with van der Waals surface area (Å²) in [4.78, 5) is 22.5. The van der Waals surface area contributed by atoms with Crippen LogP contribution in [0.5, 0.6) is 5.75 Å². The molecule has 4 rings (SSSR count). The van der Waals surface area contributed by atoms with E-state index in [2.05, 4.69) is 22.8 Å². The largest absolute Gasteiger partial charge is 0.481 e. The minimum Gasteiger partial charge on any atom is -0.481 e. The van der Waals surface area contributed by atoms with E-state index in [1.807, 2.05) is 18.2 Å². The summed E-state index contributed by atoms with van der Waals surface area (Å²) in [6.07, 6.45) is 3.13. The van der Waals surface area contributed by atoms with Crippen molar-refractivity contribution in [1.29, 1.82) is 0 Å². The van der Waals surface area contributed by atoms with E-state index in [1.165, 1.54) is 11.6 Å². The van der Waals surface area contributed by atoms with E-state index in [9.17, 15) is 14.9 Å². The molecule has 0 atom stereocenters. The Labute approximate surface area is 150 Å². The third kappa shape index (κ3) is 3.33. The summed E-state index contributed by atoms with van der Waals surface area (Å²) in [6, 6.07) is 13.2. The highest BCUT2D eigenvalue weighted by atomic mass is 16.6. The number of amides is 1. The Morgan fingerprint density at radius 1 is 1.23 bits per heavy atom. The molecule has 2 aromatic rings. The number of hydrogen-bond acceptors (Lipinski definition) is 5. The van der Waals surface area contributed by atoms with Gasteiger partial charge >= 0.3 is 0 Å². The van der Waals surface area contributed by atoms with Crippen LogP contribution in [0.1, 0.15) is 18.4 Å². The van der Waals surface area contributed by atoms with Gasteiger partial charge in [-0.25, -0.2) is 0 Å². The van der Waals surface area contributed by atoms with Crippen LogP contribution in [0.2, 0.25) is 0 Å². The number of carbonyl (C=O) groups excluding carboxylic acids is 1. The molecule has 0 unspecified atom stereocenters. The predicted octanol–water partition coefficient (Wildman–Crippen LogP) is 3.36. The number of ether oxygens (including phenoxy) is 1. The maximum absolute atomic E-state index is 11.5. The second-order valence-electron chi connectivity index (χ2n) is 6.98. The van der Waals surface area contributed by atoms with E-state index in [1.54, 1.807) is 6.07 Å². The first-order chi connectivity index (χ1) is 12.5. The van der Waals surface area contributed by atoms with Crippen molar-refractivity contribution >= 4 is 23.0 Å². The molecule has 7 nitrogen and oxygen atoms in total. The van der Waals surface area contributed by atoms with Crippen LogP contribution in [0.15, 0.2) is 42.5 Å². The SMILES string of the molecule is O=C1COc2cc([N+](=O)[O-])c(NCC3(Cc4ccccc4)CC3)cc2N1. The standard InChI is InChI=1S/C19H19N3O4/c23-18-11-26-17-9-16(22(24)25)14(8-15(17)21-18)20-12-19(6-7-19)10-13-4-2-1-3-5-13/h1-5,8-9,20H,6-7,10-12H2,(H,21,23). The van der Waals surface area contributed by atoms with Gasteiger partial charge in [-0.15, -0.1) is 0 Å². The van der Waals surface area contributed by atoms with Crippen molar-refractivity contribution < 1.29 is 14.5 Å². The molecular weight excluding hydrogens is 334 g/mol. The van der Waals surface area contributed by atoms with Gasteiger partial charge in [0.2, 0.25) is 0 Å². The number of rotatable bonds is 6. The molecule has 0 spiro atoms. The fourth-order valence-electron chi connectivity index (χ4n) is 3.31. The van der Waals surface area contributed by atoms with Crippen LogP contribution in [0.25, 0.3) is 0 Å². The molecule has 26 heavy (non-hydrogen) atoms. The number of nitro groups is 1. The molecule has 0 radical (unpaired) electrons. The fraction of sp³-hybridized carbons (Fsp3) is 0.316. The lowest BCUT2D eigenvalue weighted by Gasteiger charge is -2.21. The van der Waals surface area contributed by atoms with E-state index >= 15 is 0 Å². The van der Waals surface area contributed by atoms with Crippen molar-refractivity contribution in [1.82, 2.24) is 0 Å². The second kappa shape index (κ2) is 6.33. The van der Waals surface area contributed by atoms with Crippen LogP contribution in [-0.4, -0.2) is 24.0 Å². The molecule has 0 aromatic heterocycles. The highest BCUT2D eigenvalue weighted by Crippen LogP contribution is 2.49. The van der Waals surface area contributed by atoms with Crippen molar-refractivity contribution in [2.24, 2.45) is 5.41 Å². The lowest BCUT2D eigenvalue weighted by atomic mass is 9.96. The molecule has 2 aliphatic rings. The number of hydrogen-bond donors (Lipinski definition) is 2. The van der Waals surface area contributed by atoms with Crippen molar-refractivity contribution in [2.75, 3.05) is 23.8 Å². The van der Waals surface area contributed by atoms with E-state index in [0.29, 0.717) is 23.7 Å². The van der Waals surface area contributed by atoms with Gasteiger partial charge in [-0.1, -0.05) is 30.3 Å². The molecule has 1 saturated carbocycles. The average molecular weight is 353 g/mol. The van der Waals surface area contributed by atoms with Gasteiger partial charge in [-0.05, 0) is 36.3 Å². The van der Waals surface area contributed by atoms with Crippen molar-refractivity contribution in [2.45, 2.75) is 19.3 Å². The third-order valence-corrected chi connectivity index (χ3v) is 4.96.